The summed E-state index contributed by atoms with van der Waals surface area (Å²) in [4.78, 5) is 10.6. The monoisotopic (exact) mass is 168 g/mol. The highest BCUT2D eigenvalue weighted by molar-refractivity contribution is 5.65. The number of hydrogen-bond donors (Lipinski definition) is 0. The van der Waals surface area contributed by atoms with Crippen LogP contribution < -0.4 is 0 Å². The van der Waals surface area contributed by atoms with Gasteiger partial charge >= 0.3 is 5.97 Å². The van der Waals surface area contributed by atoms with Gasteiger partial charge in [-0.15, -0.1) is 0 Å². The van der Waals surface area contributed by atoms with Gasteiger partial charge in [-0.3, -0.25) is 4.79 Å². The molecule has 2 heteroatoms. The van der Waals surface area contributed by atoms with E-state index in [1.807, 2.05) is 0 Å². The summed E-state index contributed by atoms with van der Waals surface area (Å²) < 4.78 is 5.04. The van der Waals surface area contributed by atoms with Crippen LogP contribution in [0.25, 0.3) is 0 Å². The van der Waals surface area contributed by atoms with E-state index in [1.54, 1.807) is 0 Å². The van der Waals surface area contributed by atoms with E-state index in [4.69, 9.17) is 4.74 Å². The summed E-state index contributed by atoms with van der Waals surface area (Å²) in [5.74, 6) is 2.38. The Bertz CT molecular complexity index is 188. The quantitative estimate of drug-likeness (QED) is 0.589. The molecular formula is C10H16O2. The Morgan fingerprint density at radius 2 is 2.25 bits per heavy atom. The fourth-order valence-electron chi connectivity index (χ4n) is 2.80. The van der Waals surface area contributed by atoms with Gasteiger partial charge in [0.05, 0.1) is 6.61 Å². The van der Waals surface area contributed by atoms with Crippen LogP contribution in [0.3, 0.4) is 0 Å². The lowest BCUT2D eigenvalue weighted by Gasteiger charge is -2.20. The van der Waals surface area contributed by atoms with Gasteiger partial charge in [-0.05, 0) is 37.0 Å². The Balaban J connectivity index is 1.79. The molecule has 2 aliphatic rings. The number of ether oxygens (including phenoxy) is 1. The molecule has 2 saturated carbocycles. The minimum absolute atomic E-state index is 0.127. The number of carbonyl (C=O) groups excluding carboxylic acids is 1. The van der Waals surface area contributed by atoms with Crippen LogP contribution in [-0.2, 0) is 9.53 Å². The summed E-state index contributed by atoms with van der Waals surface area (Å²) in [6.45, 7) is 2.17. The molecule has 0 aliphatic heterocycles. The lowest BCUT2D eigenvalue weighted by Crippen LogP contribution is -2.18. The van der Waals surface area contributed by atoms with Gasteiger partial charge < -0.3 is 4.74 Å². The molecule has 2 nitrogen and oxygen atoms in total. The van der Waals surface area contributed by atoms with Gasteiger partial charge in [0.1, 0.15) is 0 Å². The average Bonchev–Trinajstić information content (AvgIpc) is 2.60. The molecule has 0 heterocycles. The third-order valence-electron chi connectivity index (χ3n) is 3.39. The number of carbonyl (C=O) groups is 1. The summed E-state index contributed by atoms with van der Waals surface area (Å²) in [6, 6.07) is 0. The molecule has 0 radical (unpaired) electrons. The third-order valence-corrected chi connectivity index (χ3v) is 3.39. The van der Waals surface area contributed by atoms with E-state index in [0.717, 1.165) is 11.8 Å². The van der Waals surface area contributed by atoms with Crippen LogP contribution in [0.1, 0.15) is 32.6 Å². The molecule has 3 atom stereocenters. The zero-order chi connectivity index (χ0) is 8.55. The van der Waals surface area contributed by atoms with Crippen LogP contribution >= 0.6 is 0 Å². The van der Waals surface area contributed by atoms with E-state index in [2.05, 4.69) is 0 Å². The Morgan fingerprint density at radius 1 is 1.42 bits per heavy atom. The lowest BCUT2D eigenvalue weighted by atomic mass is 9.90. The molecule has 0 aromatic heterocycles. The van der Waals surface area contributed by atoms with Crippen molar-refractivity contribution < 1.29 is 9.53 Å². The molecule has 2 rings (SSSR count). The second kappa shape index (κ2) is 3.08. The summed E-state index contributed by atoms with van der Waals surface area (Å²) in [6.07, 6.45) is 5.49. The standard InChI is InChI=1S/C10H16O2/c1-7(11)12-6-10-5-8-2-3-9(10)4-8/h8-10H,2-6H2,1H3/t8-,9+,10-/m0/s1. The Kier molecular flexibility index (Phi) is 2.07. The van der Waals surface area contributed by atoms with E-state index in [-0.39, 0.29) is 5.97 Å². The van der Waals surface area contributed by atoms with Gasteiger partial charge in [-0.1, -0.05) is 6.42 Å². The van der Waals surface area contributed by atoms with Gasteiger partial charge in [0, 0.05) is 6.92 Å². The molecule has 0 spiro atoms. The van der Waals surface area contributed by atoms with Crippen LogP contribution in [-0.4, -0.2) is 12.6 Å². The second-order valence-electron chi connectivity index (χ2n) is 4.24. The topological polar surface area (TPSA) is 26.3 Å². The van der Waals surface area contributed by atoms with Crippen LogP contribution in [0.4, 0.5) is 0 Å². The maximum atomic E-state index is 10.6. The van der Waals surface area contributed by atoms with Gasteiger partial charge in [0.25, 0.3) is 0 Å². The SMILES string of the molecule is CC(=O)OC[C@@H]1C[C@H]2CC[C@@H]1C2. The molecule has 2 bridgehead atoms. The first-order valence-corrected chi connectivity index (χ1v) is 4.89. The molecule has 0 aromatic carbocycles. The second-order valence-corrected chi connectivity index (χ2v) is 4.24. The van der Waals surface area contributed by atoms with Crippen molar-refractivity contribution in [3.05, 3.63) is 0 Å². The molecule has 12 heavy (non-hydrogen) atoms. The van der Waals surface area contributed by atoms with Crippen molar-refractivity contribution >= 4 is 5.97 Å². The maximum Gasteiger partial charge on any atom is 0.302 e. The average molecular weight is 168 g/mol. The first-order chi connectivity index (χ1) is 5.75. The molecule has 0 amide bonds. The zero-order valence-corrected chi connectivity index (χ0v) is 7.58. The number of rotatable bonds is 2. The molecular weight excluding hydrogens is 152 g/mol. The molecule has 0 N–H and O–H groups in total. The summed E-state index contributed by atoms with van der Waals surface area (Å²) in [7, 11) is 0. The Hall–Kier alpha value is -0.530. The predicted octanol–water partition coefficient (Wildman–Crippen LogP) is 1.99. The third kappa shape index (κ3) is 1.47. The fourth-order valence-corrected chi connectivity index (χ4v) is 2.80. The van der Waals surface area contributed by atoms with Crippen LogP contribution in [0.2, 0.25) is 0 Å². The predicted molar refractivity (Wildman–Crippen MR) is 45.6 cm³/mol. The van der Waals surface area contributed by atoms with Crippen molar-refractivity contribution in [2.75, 3.05) is 6.61 Å². The van der Waals surface area contributed by atoms with Crippen molar-refractivity contribution in [2.45, 2.75) is 32.6 Å². The molecule has 2 aliphatic carbocycles. The Labute approximate surface area is 73.3 Å². The zero-order valence-electron chi connectivity index (χ0n) is 7.58. The highest BCUT2D eigenvalue weighted by Gasteiger charge is 2.39. The van der Waals surface area contributed by atoms with Crippen molar-refractivity contribution in [1.82, 2.24) is 0 Å². The highest BCUT2D eigenvalue weighted by atomic mass is 16.5. The summed E-state index contributed by atoms with van der Waals surface area (Å²) in [5, 5.41) is 0. The van der Waals surface area contributed by atoms with Crippen molar-refractivity contribution in [3.63, 3.8) is 0 Å². The minimum Gasteiger partial charge on any atom is -0.466 e. The van der Waals surface area contributed by atoms with E-state index in [9.17, 15) is 4.79 Å². The Morgan fingerprint density at radius 3 is 2.75 bits per heavy atom. The highest BCUT2D eigenvalue weighted by Crippen LogP contribution is 2.48. The van der Waals surface area contributed by atoms with Gasteiger partial charge in [0.2, 0.25) is 0 Å². The molecule has 0 aromatic rings. The van der Waals surface area contributed by atoms with Crippen molar-refractivity contribution in [1.29, 1.82) is 0 Å². The lowest BCUT2D eigenvalue weighted by molar-refractivity contribution is -0.142. The van der Waals surface area contributed by atoms with Crippen molar-refractivity contribution in [3.8, 4) is 0 Å². The fraction of sp³-hybridized carbons (Fsp3) is 0.900. The molecule has 2 fully saturated rings. The van der Waals surface area contributed by atoms with E-state index < -0.39 is 0 Å². The van der Waals surface area contributed by atoms with Crippen LogP contribution in [0.5, 0.6) is 0 Å². The molecule has 0 saturated heterocycles. The van der Waals surface area contributed by atoms with E-state index >= 15 is 0 Å². The van der Waals surface area contributed by atoms with Gasteiger partial charge in [-0.2, -0.15) is 0 Å². The first kappa shape index (κ1) is 8.09. The maximum absolute atomic E-state index is 10.6. The summed E-state index contributed by atoms with van der Waals surface area (Å²) in [5.41, 5.74) is 0. The number of hydrogen-bond acceptors (Lipinski definition) is 2. The van der Waals surface area contributed by atoms with Crippen LogP contribution in [0.15, 0.2) is 0 Å². The van der Waals surface area contributed by atoms with Gasteiger partial charge in [-0.25, -0.2) is 0 Å². The minimum atomic E-state index is -0.127. The van der Waals surface area contributed by atoms with Crippen LogP contribution in [0, 0.1) is 17.8 Å². The smallest absolute Gasteiger partial charge is 0.302 e. The number of esters is 1. The van der Waals surface area contributed by atoms with Gasteiger partial charge in [0.15, 0.2) is 0 Å². The van der Waals surface area contributed by atoms with Crippen molar-refractivity contribution in [2.24, 2.45) is 17.8 Å². The summed E-state index contributed by atoms with van der Waals surface area (Å²) >= 11 is 0. The largest absolute Gasteiger partial charge is 0.466 e. The molecule has 0 unspecified atom stereocenters. The van der Waals surface area contributed by atoms with E-state index in [1.165, 1.54) is 32.6 Å². The normalized spacial score (nSPS) is 38.6. The first-order valence-electron chi connectivity index (χ1n) is 4.89. The number of fused-ring (bicyclic) bond motifs is 2. The van der Waals surface area contributed by atoms with E-state index in [0.29, 0.717) is 12.5 Å². The molecule has 68 valence electrons.